The standard InChI is InChI=1S/C28H28N4O4/c1-19(33)31-17-3-5-25(31)27(35)29-23-13-9-21(10-14-23)7-8-22-11-15-24(16-12-22)30-28(36)26-6-4-18-32(26)20(2)34/h3-16,25-26H,17-18H2,1-2H3,(H,29,35)(H,30,36)/b8-7+/t25-,26-/m0/s1. The van der Waals surface area contributed by atoms with Gasteiger partial charge in [0.05, 0.1) is 0 Å². The molecule has 0 radical (unpaired) electrons. The van der Waals surface area contributed by atoms with Gasteiger partial charge < -0.3 is 20.4 Å². The number of nitrogens with one attached hydrogen (secondary N) is 2. The summed E-state index contributed by atoms with van der Waals surface area (Å²) < 4.78 is 0. The molecule has 4 amide bonds. The fourth-order valence-corrected chi connectivity index (χ4v) is 4.13. The average molecular weight is 485 g/mol. The van der Waals surface area contributed by atoms with Crippen LogP contribution in [0.25, 0.3) is 12.2 Å². The Kier molecular flexibility index (Phi) is 7.44. The minimum absolute atomic E-state index is 0.137. The Labute approximate surface area is 210 Å². The van der Waals surface area contributed by atoms with Gasteiger partial charge in [-0.1, -0.05) is 60.7 Å². The smallest absolute Gasteiger partial charge is 0.251 e. The van der Waals surface area contributed by atoms with Crippen molar-refractivity contribution < 1.29 is 19.2 Å². The van der Waals surface area contributed by atoms with Crippen LogP contribution in [0.4, 0.5) is 11.4 Å². The van der Waals surface area contributed by atoms with Crippen molar-refractivity contribution in [1.29, 1.82) is 0 Å². The molecule has 2 aromatic carbocycles. The fourth-order valence-electron chi connectivity index (χ4n) is 4.13. The van der Waals surface area contributed by atoms with E-state index in [9.17, 15) is 19.2 Å². The topological polar surface area (TPSA) is 98.8 Å². The molecule has 36 heavy (non-hydrogen) atoms. The fraction of sp³-hybridized carbons (Fsp3) is 0.214. The van der Waals surface area contributed by atoms with Crippen LogP contribution in [-0.2, 0) is 19.2 Å². The summed E-state index contributed by atoms with van der Waals surface area (Å²) in [6.07, 6.45) is 11.0. The first-order valence-electron chi connectivity index (χ1n) is 11.7. The van der Waals surface area contributed by atoms with Gasteiger partial charge >= 0.3 is 0 Å². The summed E-state index contributed by atoms with van der Waals surface area (Å²) in [4.78, 5) is 51.4. The van der Waals surface area contributed by atoms with E-state index in [0.29, 0.717) is 24.5 Å². The number of hydrogen-bond acceptors (Lipinski definition) is 4. The molecule has 8 nitrogen and oxygen atoms in total. The molecule has 0 aliphatic carbocycles. The van der Waals surface area contributed by atoms with E-state index >= 15 is 0 Å². The lowest BCUT2D eigenvalue weighted by atomic mass is 10.1. The zero-order valence-corrected chi connectivity index (χ0v) is 20.2. The zero-order chi connectivity index (χ0) is 25.7. The normalized spacial score (nSPS) is 18.6. The molecule has 0 saturated heterocycles. The number of carbonyl (C=O) groups excluding carboxylic acids is 4. The maximum Gasteiger partial charge on any atom is 0.251 e. The summed E-state index contributed by atoms with van der Waals surface area (Å²) in [5.74, 6) is -0.761. The molecule has 2 aliphatic heterocycles. The first-order chi connectivity index (χ1) is 17.3. The van der Waals surface area contributed by atoms with E-state index in [2.05, 4.69) is 10.6 Å². The van der Waals surface area contributed by atoms with Crippen molar-refractivity contribution in [1.82, 2.24) is 9.80 Å². The minimum atomic E-state index is -0.586. The molecule has 0 unspecified atom stereocenters. The van der Waals surface area contributed by atoms with Gasteiger partial charge in [0.2, 0.25) is 11.8 Å². The molecule has 0 fully saturated rings. The number of rotatable bonds is 6. The number of hydrogen-bond donors (Lipinski definition) is 2. The summed E-state index contributed by atoms with van der Waals surface area (Å²) in [6, 6.07) is 13.7. The highest BCUT2D eigenvalue weighted by Gasteiger charge is 2.29. The number of benzene rings is 2. The van der Waals surface area contributed by atoms with Crippen LogP contribution in [0.15, 0.2) is 72.8 Å². The highest BCUT2D eigenvalue weighted by Crippen LogP contribution is 2.18. The largest absolute Gasteiger partial charge is 0.324 e. The van der Waals surface area contributed by atoms with Crippen LogP contribution in [0.2, 0.25) is 0 Å². The lowest BCUT2D eigenvalue weighted by Gasteiger charge is -2.22. The van der Waals surface area contributed by atoms with Gasteiger partial charge in [-0.25, -0.2) is 0 Å². The molecule has 8 heteroatoms. The van der Waals surface area contributed by atoms with Gasteiger partial charge in [0.15, 0.2) is 0 Å². The van der Waals surface area contributed by atoms with Gasteiger partial charge in [0.25, 0.3) is 11.8 Å². The number of nitrogens with zero attached hydrogens (tertiary/aromatic N) is 2. The van der Waals surface area contributed by atoms with E-state index in [1.165, 1.54) is 23.6 Å². The summed E-state index contributed by atoms with van der Waals surface area (Å²) >= 11 is 0. The monoisotopic (exact) mass is 484 g/mol. The molecule has 2 aromatic rings. The number of carbonyl (C=O) groups is 4. The van der Waals surface area contributed by atoms with Crippen molar-refractivity contribution in [3.8, 4) is 0 Å². The van der Waals surface area contributed by atoms with Crippen molar-refractivity contribution >= 4 is 47.2 Å². The van der Waals surface area contributed by atoms with Gasteiger partial charge in [-0.05, 0) is 35.4 Å². The van der Waals surface area contributed by atoms with Crippen molar-refractivity contribution in [2.45, 2.75) is 25.9 Å². The minimum Gasteiger partial charge on any atom is -0.324 e. The highest BCUT2D eigenvalue weighted by atomic mass is 16.2. The Morgan fingerprint density at radius 3 is 1.36 bits per heavy atom. The lowest BCUT2D eigenvalue weighted by molar-refractivity contribution is -0.134. The van der Waals surface area contributed by atoms with E-state index in [-0.39, 0.29) is 23.6 Å². The van der Waals surface area contributed by atoms with Gasteiger partial charge in [0, 0.05) is 38.3 Å². The first kappa shape index (κ1) is 24.7. The first-order valence-corrected chi connectivity index (χ1v) is 11.7. The van der Waals surface area contributed by atoms with Gasteiger partial charge in [-0.2, -0.15) is 0 Å². The van der Waals surface area contributed by atoms with Crippen LogP contribution in [0.3, 0.4) is 0 Å². The van der Waals surface area contributed by atoms with Crippen LogP contribution in [0.1, 0.15) is 25.0 Å². The molecule has 0 saturated carbocycles. The summed E-state index contributed by atoms with van der Waals surface area (Å²) in [6.45, 7) is 3.80. The lowest BCUT2D eigenvalue weighted by Crippen LogP contribution is -2.42. The van der Waals surface area contributed by atoms with Gasteiger partial charge in [0.1, 0.15) is 12.1 Å². The van der Waals surface area contributed by atoms with E-state index < -0.39 is 12.1 Å². The molecule has 0 spiro atoms. The zero-order valence-electron chi connectivity index (χ0n) is 20.2. The summed E-state index contributed by atoms with van der Waals surface area (Å²) in [5, 5.41) is 5.70. The molecule has 2 atom stereocenters. The molecular formula is C28H28N4O4. The molecule has 2 N–H and O–H groups in total. The molecular weight excluding hydrogens is 456 g/mol. The van der Waals surface area contributed by atoms with E-state index in [1.807, 2.05) is 72.8 Å². The predicted molar refractivity (Wildman–Crippen MR) is 140 cm³/mol. The van der Waals surface area contributed by atoms with E-state index in [0.717, 1.165) is 11.1 Å². The van der Waals surface area contributed by atoms with Crippen LogP contribution >= 0.6 is 0 Å². The summed E-state index contributed by atoms with van der Waals surface area (Å²) in [5.41, 5.74) is 3.21. The molecule has 0 aromatic heterocycles. The van der Waals surface area contributed by atoms with Crippen LogP contribution in [0.5, 0.6) is 0 Å². The van der Waals surface area contributed by atoms with Gasteiger partial charge in [-0.15, -0.1) is 0 Å². The molecule has 2 aliphatic rings. The second-order valence-electron chi connectivity index (χ2n) is 8.64. The molecule has 2 heterocycles. The van der Waals surface area contributed by atoms with E-state index in [1.54, 1.807) is 12.2 Å². The molecule has 184 valence electrons. The third-order valence-electron chi connectivity index (χ3n) is 6.08. The van der Waals surface area contributed by atoms with Gasteiger partial charge in [-0.3, -0.25) is 19.2 Å². The molecule has 4 rings (SSSR count). The van der Waals surface area contributed by atoms with Crippen molar-refractivity contribution in [2.24, 2.45) is 0 Å². The average Bonchev–Trinajstić information content (AvgIpc) is 3.55. The van der Waals surface area contributed by atoms with E-state index in [4.69, 9.17) is 0 Å². The second kappa shape index (κ2) is 10.9. The van der Waals surface area contributed by atoms with Crippen LogP contribution in [-0.4, -0.2) is 58.6 Å². The number of amides is 4. The Hall–Kier alpha value is -4.46. The highest BCUT2D eigenvalue weighted by molar-refractivity contribution is 5.99. The van der Waals surface area contributed by atoms with Crippen molar-refractivity contribution in [3.63, 3.8) is 0 Å². The predicted octanol–water partition coefficient (Wildman–Crippen LogP) is 3.31. The number of anilines is 2. The van der Waals surface area contributed by atoms with Crippen LogP contribution in [0, 0.1) is 0 Å². The Morgan fingerprint density at radius 1 is 0.667 bits per heavy atom. The third-order valence-corrected chi connectivity index (χ3v) is 6.08. The Bertz CT molecular complexity index is 1150. The summed E-state index contributed by atoms with van der Waals surface area (Å²) in [7, 11) is 0. The van der Waals surface area contributed by atoms with Crippen molar-refractivity contribution in [3.05, 3.63) is 84.0 Å². The Balaban J connectivity index is 1.31. The third kappa shape index (κ3) is 5.78. The van der Waals surface area contributed by atoms with Crippen LogP contribution < -0.4 is 10.6 Å². The van der Waals surface area contributed by atoms with Crippen molar-refractivity contribution in [2.75, 3.05) is 23.7 Å². The SMILES string of the molecule is CC(=O)N1CC=C[C@H]1C(=O)Nc1ccc(/C=C/c2ccc(NC(=O)[C@@H]3C=CCN3C(C)=O)cc2)cc1. The maximum absolute atomic E-state index is 12.5. The second-order valence-corrected chi connectivity index (χ2v) is 8.64. The maximum atomic E-state index is 12.5. The Morgan fingerprint density at radius 2 is 1.03 bits per heavy atom. The molecule has 0 bridgehead atoms. The quantitative estimate of drug-likeness (QED) is 0.486.